The normalized spacial score (nSPS) is 10.8. The highest BCUT2D eigenvalue weighted by molar-refractivity contribution is 9.08. The predicted molar refractivity (Wildman–Crippen MR) is 61.7 cm³/mol. The molecule has 4 nitrogen and oxygen atoms in total. The van der Waals surface area contributed by atoms with Crippen molar-refractivity contribution in [3.05, 3.63) is 23.0 Å². The van der Waals surface area contributed by atoms with Crippen LogP contribution in [-0.4, -0.2) is 22.0 Å². The molecular weight excluding hydrogens is 280 g/mol. The van der Waals surface area contributed by atoms with Gasteiger partial charge in [-0.25, -0.2) is 9.78 Å². The molecule has 0 fully saturated rings. The second-order valence-electron chi connectivity index (χ2n) is 2.82. The number of ether oxygens (including phenoxy) is 1. The quantitative estimate of drug-likeness (QED) is 0.644. The van der Waals surface area contributed by atoms with Gasteiger partial charge in [0.05, 0.1) is 12.3 Å². The molecule has 0 amide bonds. The van der Waals surface area contributed by atoms with Gasteiger partial charge in [-0.3, -0.25) is 4.40 Å². The molecule has 0 aromatic carbocycles. The standard InChI is InChI=1S/C9H9BrN2O2S/c1-2-14-8(13)7-6(5-10)11-9-12(7)3-4-15-9/h3-4H,2,5H2,1H3. The van der Waals surface area contributed by atoms with Crippen LogP contribution >= 0.6 is 27.3 Å². The van der Waals surface area contributed by atoms with E-state index in [1.807, 2.05) is 11.6 Å². The number of esters is 1. The lowest BCUT2D eigenvalue weighted by Gasteiger charge is -2.01. The van der Waals surface area contributed by atoms with Crippen LogP contribution in [0, 0.1) is 0 Å². The fourth-order valence-corrected chi connectivity index (χ4v) is 2.46. The molecular formula is C9H9BrN2O2S. The number of thiazole rings is 1. The Labute approximate surface area is 99.0 Å². The van der Waals surface area contributed by atoms with Crippen LogP contribution < -0.4 is 0 Å². The molecule has 2 aromatic heterocycles. The maximum absolute atomic E-state index is 11.7. The summed E-state index contributed by atoms with van der Waals surface area (Å²) in [6.45, 7) is 2.16. The summed E-state index contributed by atoms with van der Waals surface area (Å²) in [5.74, 6) is -0.321. The Morgan fingerprint density at radius 3 is 3.20 bits per heavy atom. The monoisotopic (exact) mass is 288 g/mol. The van der Waals surface area contributed by atoms with Gasteiger partial charge in [0.1, 0.15) is 0 Å². The van der Waals surface area contributed by atoms with Gasteiger partial charge < -0.3 is 4.74 Å². The molecule has 15 heavy (non-hydrogen) atoms. The third kappa shape index (κ3) is 1.79. The van der Waals surface area contributed by atoms with Crippen molar-refractivity contribution in [2.75, 3.05) is 6.61 Å². The van der Waals surface area contributed by atoms with Gasteiger partial charge in [-0.2, -0.15) is 0 Å². The topological polar surface area (TPSA) is 43.6 Å². The van der Waals surface area contributed by atoms with E-state index in [2.05, 4.69) is 20.9 Å². The highest BCUT2D eigenvalue weighted by atomic mass is 79.9. The molecule has 0 unspecified atom stereocenters. The number of halogens is 1. The Hall–Kier alpha value is -0.880. The van der Waals surface area contributed by atoms with Crippen molar-refractivity contribution < 1.29 is 9.53 Å². The van der Waals surface area contributed by atoms with Crippen molar-refractivity contribution in [1.82, 2.24) is 9.38 Å². The van der Waals surface area contributed by atoms with Crippen molar-refractivity contribution in [2.24, 2.45) is 0 Å². The lowest BCUT2D eigenvalue weighted by Crippen LogP contribution is -2.09. The van der Waals surface area contributed by atoms with E-state index in [4.69, 9.17) is 4.74 Å². The maximum atomic E-state index is 11.7. The number of carbonyl (C=O) groups is 1. The first kappa shape index (κ1) is 10.6. The van der Waals surface area contributed by atoms with Crippen LogP contribution in [0.2, 0.25) is 0 Å². The number of rotatable bonds is 3. The molecule has 0 radical (unpaired) electrons. The zero-order valence-corrected chi connectivity index (χ0v) is 10.5. The van der Waals surface area contributed by atoms with Crippen LogP contribution in [0.4, 0.5) is 0 Å². The zero-order chi connectivity index (χ0) is 10.8. The van der Waals surface area contributed by atoms with E-state index in [9.17, 15) is 4.79 Å². The van der Waals surface area contributed by atoms with Crippen LogP contribution in [0.5, 0.6) is 0 Å². The van der Waals surface area contributed by atoms with E-state index in [-0.39, 0.29) is 5.97 Å². The van der Waals surface area contributed by atoms with Gasteiger partial charge in [0.15, 0.2) is 10.7 Å². The number of fused-ring (bicyclic) bond motifs is 1. The fraction of sp³-hybridized carbons (Fsp3) is 0.333. The Balaban J connectivity index is 2.53. The molecule has 0 N–H and O–H groups in total. The molecule has 0 spiro atoms. The highest BCUT2D eigenvalue weighted by Crippen LogP contribution is 2.20. The Bertz CT molecular complexity index is 491. The van der Waals surface area contributed by atoms with Gasteiger partial charge in [-0.15, -0.1) is 11.3 Å². The van der Waals surface area contributed by atoms with Crippen LogP contribution in [0.3, 0.4) is 0 Å². The predicted octanol–water partition coefficient (Wildman–Crippen LogP) is 2.47. The summed E-state index contributed by atoms with van der Waals surface area (Å²) in [4.78, 5) is 16.8. The van der Waals surface area contributed by atoms with Crippen LogP contribution in [0.15, 0.2) is 11.6 Å². The van der Waals surface area contributed by atoms with Gasteiger partial charge >= 0.3 is 5.97 Å². The second kappa shape index (κ2) is 4.32. The molecule has 0 aliphatic rings. The van der Waals surface area contributed by atoms with E-state index in [0.717, 1.165) is 10.7 Å². The van der Waals surface area contributed by atoms with Gasteiger partial charge in [-0.05, 0) is 6.92 Å². The average Bonchev–Trinajstić information content (AvgIpc) is 2.75. The minimum atomic E-state index is -0.321. The van der Waals surface area contributed by atoms with Crippen molar-refractivity contribution in [1.29, 1.82) is 0 Å². The molecule has 6 heteroatoms. The number of carbonyl (C=O) groups excluding carboxylic acids is 1. The lowest BCUT2D eigenvalue weighted by atomic mass is 10.3. The molecule has 80 valence electrons. The summed E-state index contributed by atoms with van der Waals surface area (Å²) in [6.07, 6.45) is 1.82. The van der Waals surface area contributed by atoms with E-state index >= 15 is 0 Å². The summed E-state index contributed by atoms with van der Waals surface area (Å²) in [5, 5.41) is 2.44. The first-order chi connectivity index (χ1) is 7.27. The van der Waals surface area contributed by atoms with Gasteiger partial charge in [0, 0.05) is 16.9 Å². The molecule has 0 aliphatic heterocycles. The fourth-order valence-electron chi connectivity index (χ4n) is 1.34. The molecule has 0 saturated carbocycles. The summed E-state index contributed by atoms with van der Waals surface area (Å²) in [5.41, 5.74) is 1.24. The molecule has 2 heterocycles. The molecule has 2 aromatic rings. The summed E-state index contributed by atoms with van der Waals surface area (Å²) >= 11 is 4.81. The van der Waals surface area contributed by atoms with Gasteiger partial charge in [0.25, 0.3) is 0 Å². The molecule has 0 saturated heterocycles. The number of hydrogen-bond acceptors (Lipinski definition) is 4. The number of imidazole rings is 1. The Morgan fingerprint density at radius 2 is 2.53 bits per heavy atom. The van der Waals surface area contributed by atoms with Gasteiger partial charge in [0.2, 0.25) is 0 Å². The lowest BCUT2D eigenvalue weighted by molar-refractivity contribution is 0.0517. The third-order valence-electron chi connectivity index (χ3n) is 1.93. The average molecular weight is 289 g/mol. The third-order valence-corrected chi connectivity index (χ3v) is 3.22. The second-order valence-corrected chi connectivity index (χ2v) is 4.25. The first-order valence-electron chi connectivity index (χ1n) is 4.45. The van der Waals surface area contributed by atoms with Gasteiger partial charge in [-0.1, -0.05) is 15.9 Å². The molecule has 0 aliphatic carbocycles. The van der Waals surface area contributed by atoms with E-state index in [1.54, 1.807) is 11.3 Å². The molecule has 2 rings (SSSR count). The smallest absolute Gasteiger partial charge is 0.357 e. The van der Waals surface area contributed by atoms with E-state index in [1.165, 1.54) is 11.3 Å². The van der Waals surface area contributed by atoms with Crippen LogP contribution in [0.1, 0.15) is 23.1 Å². The molecule has 0 bridgehead atoms. The minimum Gasteiger partial charge on any atom is -0.461 e. The number of alkyl halides is 1. The Morgan fingerprint density at radius 1 is 1.73 bits per heavy atom. The number of hydrogen-bond donors (Lipinski definition) is 0. The van der Waals surface area contributed by atoms with Crippen molar-refractivity contribution >= 4 is 38.2 Å². The summed E-state index contributed by atoms with van der Waals surface area (Å²) in [6, 6.07) is 0. The highest BCUT2D eigenvalue weighted by Gasteiger charge is 2.19. The number of aromatic nitrogens is 2. The zero-order valence-electron chi connectivity index (χ0n) is 8.07. The van der Waals surface area contributed by atoms with Crippen molar-refractivity contribution in [2.45, 2.75) is 12.3 Å². The van der Waals surface area contributed by atoms with E-state index in [0.29, 0.717) is 17.6 Å². The minimum absolute atomic E-state index is 0.321. The summed E-state index contributed by atoms with van der Waals surface area (Å²) in [7, 11) is 0. The SMILES string of the molecule is CCOC(=O)c1c(CBr)nc2sccn12. The summed E-state index contributed by atoms with van der Waals surface area (Å²) < 4.78 is 6.75. The Kier molecular flexibility index (Phi) is 3.06. The number of nitrogens with zero attached hydrogens (tertiary/aromatic N) is 2. The molecule has 0 atom stereocenters. The van der Waals surface area contributed by atoms with Crippen LogP contribution in [-0.2, 0) is 10.1 Å². The largest absolute Gasteiger partial charge is 0.461 e. The van der Waals surface area contributed by atoms with Crippen molar-refractivity contribution in [3.63, 3.8) is 0 Å². The van der Waals surface area contributed by atoms with Crippen LogP contribution in [0.25, 0.3) is 4.96 Å². The van der Waals surface area contributed by atoms with Crippen molar-refractivity contribution in [3.8, 4) is 0 Å². The first-order valence-corrected chi connectivity index (χ1v) is 6.45. The van der Waals surface area contributed by atoms with E-state index < -0.39 is 0 Å². The maximum Gasteiger partial charge on any atom is 0.357 e.